The number of esters is 1. The van der Waals surface area contributed by atoms with E-state index in [0.717, 1.165) is 12.7 Å². The Morgan fingerprint density at radius 1 is 1.29 bits per heavy atom. The maximum atomic E-state index is 11.7. The molecule has 0 heterocycles. The van der Waals surface area contributed by atoms with Gasteiger partial charge in [0.25, 0.3) is 0 Å². The van der Waals surface area contributed by atoms with Crippen LogP contribution in [0.3, 0.4) is 0 Å². The molecule has 0 fully saturated rings. The number of rotatable bonds is 2. The number of carbonyl (C=O) groups is 1. The molecule has 1 N–H and O–H groups in total. The van der Waals surface area contributed by atoms with Crippen molar-refractivity contribution in [1.29, 1.82) is 0 Å². The van der Waals surface area contributed by atoms with Gasteiger partial charge < -0.3 is 9.84 Å². The van der Waals surface area contributed by atoms with Crippen molar-refractivity contribution in [3.05, 3.63) is 48.0 Å². The van der Waals surface area contributed by atoms with E-state index >= 15 is 0 Å². The molecular formula is C14H17ClO5S. The fourth-order valence-electron chi connectivity index (χ4n) is 1.69. The molecule has 1 atom stereocenters. The number of ether oxygens (including phenoxy) is 1. The summed E-state index contributed by atoms with van der Waals surface area (Å²) in [6.45, 7) is 0. The molecule has 0 amide bonds. The van der Waals surface area contributed by atoms with E-state index in [1.165, 1.54) is 0 Å². The lowest BCUT2D eigenvalue weighted by atomic mass is 10.0. The first-order chi connectivity index (χ1) is 9.70. The van der Waals surface area contributed by atoms with Gasteiger partial charge in [-0.3, -0.25) is 0 Å². The molecule has 1 aromatic carbocycles. The summed E-state index contributed by atoms with van der Waals surface area (Å²) >= 11 is 0. The monoisotopic (exact) mass is 332 g/mol. The fraction of sp³-hybridized carbons (Fsp3) is 0.357. The number of benzene rings is 1. The van der Waals surface area contributed by atoms with E-state index in [4.69, 9.17) is 4.74 Å². The van der Waals surface area contributed by atoms with Crippen LogP contribution >= 0.6 is 10.7 Å². The van der Waals surface area contributed by atoms with Crippen LogP contribution in [0, 0.1) is 0 Å². The van der Waals surface area contributed by atoms with Gasteiger partial charge in [0, 0.05) is 23.5 Å². The predicted molar refractivity (Wildman–Crippen MR) is 80.5 cm³/mol. The van der Waals surface area contributed by atoms with E-state index in [-0.39, 0.29) is 0 Å². The van der Waals surface area contributed by atoms with Gasteiger partial charge in [-0.2, -0.15) is 0 Å². The first-order valence-electron chi connectivity index (χ1n) is 6.25. The smallest absolute Gasteiger partial charge is 0.340 e. The SMILES string of the molecule is CS(=O)(=O)Cl.O=C(OC1(O)CC=CCC1)c1ccccc1. The predicted octanol–water partition coefficient (Wildman–Crippen LogP) is 2.46. The highest BCUT2D eigenvalue weighted by molar-refractivity contribution is 8.13. The molecule has 0 saturated heterocycles. The van der Waals surface area contributed by atoms with Crippen LogP contribution in [-0.4, -0.2) is 31.5 Å². The van der Waals surface area contributed by atoms with Crippen molar-refractivity contribution < 1.29 is 23.1 Å². The van der Waals surface area contributed by atoms with Crippen molar-refractivity contribution in [1.82, 2.24) is 0 Å². The quantitative estimate of drug-likeness (QED) is 0.389. The summed E-state index contributed by atoms with van der Waals surface area (Å²) in [5, 5.41) is 10.0. The molecule has 1 aromatic rings. The van der Waals surface area contributed by atoms with Gasteiger partial charge in [0.2, 0.25) is 14.8 Å². The van der Waals surface area contributed by atoms with Crippen molar-refractivity contribution in [3.8, 4) is 0 Å². The standard InChI is InChI=1S/C13H14O3.CH3ClO2S/c14-12(11-7-3-1-4-8-11)16-13(15)9-5-2-6-10-13;1-5(2,3)4/h1-5,7-8,15H,6,9-10H2;1H3. The minimum Gasteiger partial charge on any atom is -0.429 e. The summed E-state index contributed by atoms with van der Waals surface area (Å²) in [6, 6.07) is 8.70. The van der Waals surface area contributed by atoms with E-state index in [0.29, 0.717) is 18.4 Å². The molecule has 7 heteroatoms. The minimum atomic E-state index is -3.19. The van der Waals surface area contributed by atoms with Crippen molar-refractivity contribution in [3.63, 3.8) is 0 Å². The van der Waals surface area contributed by atoms with Gasteiger partial charge in [-0.05, 0) is 18.6 Å². The van der Waals surface area contributed by atoms with Crippen LogP contribution in [0.15, 0.2) is 42.5 Å². The van der Waals surface area contributed by atoms with Gasteiger partial charge >= 0.3 is 5.97 Å². The first kappa shape index (κ1) is 17.7. The largest absolute Gasteiger partial charge is 0.429 e. The second kappa shape index (κ2) is 7.59. The average Bonchev–Trinajstić information content (AvgIpc) is 2.38. The Labute approximate surface area is 128 Å². The first-order valence-corrected chi connectivity index (χ1v) is 8.97. The van der Waals surface area contributed by atoms with Crippen LogP contribution in [0.1, 0.15) is 29.6 Å². The van der Waals surface area contributed by atoms with E-state index < -0.39 is 20.8 Å². The third kappa shape index (κ3) is 7.84. The highest BCUT2D eigenvalue weighted by Gasteiger charge is 2.31. The number of carbonyl (C=O) groups excluding carboxylic acids is 1. The second-order valence-electron chi connectivity index (χ2n) is 4.60. The van der Waals surface area contributed by atoms with Crippen molar-refractivity contribution in [2.24, 2.45) is 0 Å². The van der Waals surface area contributed by atoms with Crippen molar-refractivity contribution in [2.75, 3.05) is 6.26 Å². The Hall–Kier alpha value is -1.37. The third-order valence-electron chi connectivity index (χ3n) is 2.60. The summed E-state index contributed by atoms with van der Waals surface area (Å²) < 4.78 is 23.9. The Balaban J connectivity index is 0.000000383. The van der Waals surface area contributed by atoms with Crippen molar-refractivity contribution >= 4 is 25.7 Å². The molecule has 0 aromatic heterocycles. The van der Waals surface area contributed by atoms with E-state index in [9.17, 15) is 18.3 Å². The second-order valence-corrected chi connectivity index (χ2v) is 7.64. The van der Waals surface area contributed by atoms with Crippen molar-refractivity contribution in [2.45, 2.75) is 25.0 Å². The van der Waals surface area contributed by atoms with Gasteiger partial charge in [0.05, 0.1) is 11.8 Å². The lowest BCUT2D eigenvalue weighted by Crippen LogP contribution is -2.35. The number of aliphatic hydroxyl groups is 1. The molecule has 2 rings (SSSR count). The maximum Gasteiger partial charge on any atom is 0.340 e. The normalized spacial score (nSPS) is 21.1. The minimum absolute atomic E-state index is 0.367. The molecule has 1 unspecified atom stereocenters. The zero-order valence-electron chi connectivity index (χ0n) is 11.5. The van der Waals surface area contributed by atoms with Crippen LogP contribution in [0.5, 0.6) is 0 Å². The lowest BCUT2D eigenvalue weighted by molar-refractivity contribution is -0.168. The molecule has 5 nitrogen and oxygen atoms in total. The number of halogens is 1. The molecule has 1 aliphatic rings. The lowest BCUT2D eigenvalue weighted by Gasteiger charge is -2.28. The summed E-state index contributed by atoms with van der Waals surface area (Å²) in [5.41, 5.74) is 0.463. The average molecular weight is 333 g/mol. The van der Waals surface area contributed by atoms with Gasteiger partial charge in [-0.15, -0.1) is 0 Å². The van der Waals surface area contributed by atoms with Crippen LogP contribution in [0.4, 0.5) is 0 Å². The summed E-state index contributed by atoms with van der Waals surface area (Å²) in [4.78, 5) is 11.7. The highest BCUT2D eigenvalue weighted by Crippen LogP contribution is 2.25. The third-order valence-corrected chi connectivity index (χ3v) is 2.60. The maximum absolute atomic E-state index is 11.7. The molecule has 1 aliphatic carbocycles. The number of allylic oxidation sites excluding steroid dienone is 1. The zero-order valence-corrected chi connectivity index (χ0v) is 13.1. The Kier molecular flexibility index (Phi) is 6.39. The molecule has 0 saturated carbocycles. The summed E-state index contributed by atoms with van der Waals surface area (Å²) in [6.07, 6.45) is 6.30. The molecule has 21 heavy (non-hydrogen) atoms. The molecule has 116 valence electrons. The topological polar surface area (TPSA) is 80.7 Å². The van der Waals surface area contributed by atoms with Crippen LogP contribution in [0.2, 0.25) is 0 Å². The van der Waals surface area contributed by atoms with Gasteiger partial charge in [0.1, 0.15) is 0 Å². The van der Waals surface area contributed by atoms with E-state index in [1.807, 2.05) is 18.2 Å². The highest BCUT2D eigenvalue weighted by atomic mass is 35.7. The zero-order chi connectivity index (χ0) is 15.9. The number of hydrogen-bond donors (Lipinski definition) is 1. The molecule has 0 aliphatic heterocycles. The van der Waals surface area contributed by atoms with Gasteiger partial charge in [-0.1, -0.05) is 30.4 Å². The van der Waals surface area contributed by atoms with E-state index in [2.05, 4.69) is 10.7 Å². The summed E-state index contributed by atoms with van der Waals surface area (Å²) in [5.74, 6) is -1.81. The van der Waals surface area contributed by atoms with Gasteiger partial charge in [-0.25, -0.2) is 13.2 Å². The van der Waals surface area contributed by atoms with E-state index in [1.54, 1.807) is 24.3 Å². The molecule has 0 spiro atoms. The Morgan fingerprint density at radius 3 is 2.33 bits per heavy atom. The number of hydrogen-bond acceptors (Lipinski definition) is 5. The summed E-state index contributed by atoms with van der Waals surface area (Å²) in [7, 11) is 1.31. The van der Waals surface area contributed by atoms with Crippen LogP contribution in [-0.2, 0) is 13.8 Å². The Morgan fingerprint density at radius 2 is 1.86 bits per heavy atom. The Bertz CT molecular complexity index is 589. The van der Waals surface area contributed by atoms with Crippen LogP contribution < -0.4 is 0 Å². The van der Waals surface area contributed by atoms with Gasteiger partial charge in [0.15, 0.2) is 0 Å². The van der Waals surface area contributed by atoms with Crippen LogP contribution in [0.25, 0.3) is 0 Å². The molecule has 0 bridgehead atoms. The molecular weight excluding hydrogens is 316 g/mol. The molecule has 0 radical (unpaired) electrons. The fourth-order valence-corrected chi connectivity index (χ4v) is 1.69.